The van der Waals surface area contributed by atoms with E-state index in [2.05, 4.69) is 0 Å². The molecule has 0 unspecified atom stereocenters. The average Bonchev–Trinajstić information content (AvgIpc) is 3.25. The molecule has 0 radical (unpaired) electrons. The van der Waals surface area contributed by atoms with E-state index in [9.17, 15) is 14.9 Å². The number of hydrogen-bond donors (Lipinski definition) is 0. The Labute approximate surface area is 153 Å². The minimum atomic E-state index is -0.570. The van der Waals surface area contributed by atoms with Gasteiger partial charge in [-0.05, 0) is 37.3 Å². The molecule has 2 heterocycles. The van der Waals surface area contributed by atoms with Crippen LogP contribution in [0.25, 0.3) is 0 Å². The number of non-ortho nitro benzene ring substituents is 1. The summed E-state index contributed by atoms with van der Waals surface area (Å²) in [6.45, 7) is 2.15. The molecule has 0 fully saturated rings. The van der Waals surface area contributed by atoms with Crippen molar-refractivity contribution in [2.45, 2.75) is 20.0 Å². The minimum absolute atomic E-state index is 0.0516. The maximum Gasteiger partial charge on any atom is 0.270 e. The van der Waals surface area contributed by atoms with Crippen molar-refractivity contribution in [3.05, 3.63) is 86.7 Å². The molecular weight excluding hydrogens is 360 g/mol. The monoisotopic (exact) mass is 374 g/mol. The Morgan fingerprint density at radius 1 is 1.19 bits per heavy atom. The molecule has 0 aliphatic heterocycles. The van der Waals surface area contributed by atoms with E-state index in [-0.39, 0.29) is 29.4 Å². The number of carbonyl (C=O) groups excluding carboxylic acids is 1. The summed E-state index contributed by atoms with van der Waals surface area (Å²) in [6.07, 6.45) is 1.51. The fourth-order valence-corrected chi connectivity index (χ4v) is 2.71. The minimum Gasteiger partial charge on any atom is -0.467 e. The molecule has 0 saturated heterocycles. The predicted octanol–water partition coefficient (Wildman–Crippen LogP) is 4.59. The van der Waals surface area contributed by atoms with Crippen molar-refractivity contribution >= 4 is 23.2 Å². The number of furan rings is 2. The van der Waals surface area contributed by atoms with Crippen LogP contribution in [0, 0.1) is 17.0 Å². The average molecular weight is 375 g/mol. The molecule has 2 aromatic heterocycles. The summed E-state index contributed by atoms with van der Waals surface area (Å²) in [6, 6.07) is 10.8. The highest BCUT2D eigenvalue weighted by atomic mass is 35.5. The molecule has 0 spiro atoms. The second kappa shape index (κ2) is 7.45. The first-order valence-electron chi connectivity index (χ1n) is 7.75. The maximum atomic E-state index is 13.0. The Morgan fingerprint density at radius 2 is 1.96 bits per heavy atom. The van der Waals surface area contributed by atoms with Crippen molar-refractivity contribution < 1.29 is 18.6 Å². The molecule has 0 N–H and O–H groups in total. The number of aryl methyl sites for hydroxylation is 1. The van der Waals surface area contributed by atoms with Gasteiger partial charge in [-0.1, -0.05) is 11.6 Å². The molecule has 1 amide bonds. The van der Waals surface area contributed by atoms with Gasteiger partial charge in [0.1, 0.15) is 17.3 Å². The van der Waals surface area contributed by atoms with E-state index in [1.807, 2.05) is 0 Å². The van der Waals surface area contributed by atoms with E-state index in [1.165, 1.54) is 29.4 Å². The summed E-state index contributed by atoms with van der Waals surface area (Å²) in [5.41, 5.74) is -0.153. The van der Waals surface area contributed by atoms with Crippen LogP contribution in [-0.2, 0) is 13.1 Å². The van der Waals surface area contributed by atoms with Crippen LogP contribution in [0.3, 0.4) is 0 Å². The molecule has 8 heteroatoms. The quantitative estimate of drug-likeness (QED) is 0.465. The number of rotatable bonds is 6. The Balaban J connectivity index is 1.93. The van der Waals surface area contributed by atoms with Crippen molar-refractivity contribution in [3.8, 4) is 0 Å². The molecule has 3 aromatic rings. The maximum absolute atomic E-state index is 13.0. The highest BCUT2D eigenvalue weighted by molar-refractivity contribution is 6.33. The van der Waals surface area contributed by atoms with Gasteiger partial charge in [-0.3, -0.25) is 14.9 Å². The fraction of sp³-hybridized carbons (Fsp3) is 0.167. The Bertz CT molecular complexity index is 933. The number of nitro groups is 1. The van der Waals surface area contributed by atoms with Gasteiger partial charge < -0.3 is 13.7 Å². The van der Waals surface area contributed by atoms with E-state index >= 15 is 0 Å². The molecule has 0 aliphatic carbocycles. The molecule has 7 nitrogen and oxygen atoms in total. The van der Waals surface area contributed by atoms with Gasteiger partial charge in [0.25, 0.3) is 11.6 Å². The zero-order valence-corrected chi connectivity index (χ0v) is 14.6. The largest absolute Gasteiger partial charge is 0.467 e. The number of halogens is 1. The predicted molar refractivity (Wildman–Crippen MR) is 93.8 cm³/mol. The first-order valence-corrected chi connectivity index (χ1v) is 8.13. The third kappa shape index (κ3) is 3.94. The van der Waals surface area contributed by atoms with Crippen LogP contribution in [0.4, 0.5) is 5.69 Å². The number of amides is 1. The summed E-state index contributed by atoms with van der Waals surface area (Å²) in [7, 11) is 0. The highest BCUT2D eigenvalue weighted by Crippen LogP contribution is 2.25. The van der Waals surface area contributed by atoms with Crippen molar-refractivity contribution in [2.24, 2.45) is 0 Å². The van der Waals surface area contributed by atoms with Gasteiger partial charge in [0.05, 0.1) is 34.9 Å². The van der Waals surface area contributed by atoms with Crippen molar-refractivity contribution in [1.29, 1.82) is 0 Å². The van der Waals surface area contributed by atoms with Crippen LogP contribution in [0.1, 0.15) is 27.6 Å². The smallest absolute Gasteiger partial charge is 0.270 e. The van der Waals surface area contributed by atoms with Crippen molar-refractivity contribution in [2.75, 3.05) is 0 Å². The van der Waals surface area contributed by atoms with Crippen LogP contribution < -0.4 is 0 Å². The lowest BCUT2D eigenvalue weighted by Crippen LogP contribution is -2.30. The number of nitro benzene ring substituents is 1. The summed E-state index contributed by atoms with van der Waals surface area (Å²) in [5, 5.41) is 11.2. The normalized spacial score (nSPS) is 10.7. The second-order valence-electron chi connectivity index (χ2n) is 5.67. The number of hydrogen-bond acceptors (Lipinski definition) is 5. The van der Waals surface area contributed by atoms with E-state index in [0.29, 0.717) is 11.5 Å². The first kappa shape index (κ1) is 17.8. The van der Waals surface area contributed by atoms with Gasteiger partial charge in [-0.15, -0.1) is 0 Å². The van der Waals surface area contributed by atoms with Crippen LogP contribution in [0.15, 0.2) is 57.6 Å². The SMILES string of the molecule is Cc1ccc(CN(Cc2ccco2)C(=O)c2cc([N+](=O)[O-])ccc2Cl)o1. The third-order valence-electron chi connectivity index (χ3n) is 3.75. The van der Waals surface area contributed by atoms with E-state index in [0.717, 1.165) is 5.76 Å². The lowest BCUT2D eigenvalue weighted by Gasteiger charge is -2.21. The van der Waals surface area contributed by atoms with Gasteiger partial charge in [-0.2, -0.15) is 0 Å². The molecule has 0 saturated carbocycles. The van der Waals surface area contributed by atoms with Crippen LogP contribution in [0.5, 0.6) is 0 Å². The van der Waals surface area contributed by atoms with Gasteiger partial charge in [0.2, 0.25) is 0 Å². The topological polar surface area (TPSA) is 89.7 Å². The van der Waals surface area contributed by atoms with E-state index in [1.54, 1.807) is 31.2 Å². The number of carbonyl (C=O) groups is 1. The van der Waals surface area contributed by atoms with Crippen molar-refractivity contribution in [3.63, 3.8) is 0 Å². The Hall–Kier alpha value is -3.06. The summed E-state index contributed by atoms with van der Waals surface area (Å²) >= 11 is 6.11. The van der Waals surface area contributed by atoms with Gasteiger partial charge in [0.15, 0.2) is 0 Å². The number of nitrogens with zero attached hydrogens (tertiary/aromatic N) is 2. The van der Waals surface area contributed by atoms with Gasteiger partial charge in [0, 0.05) is 12.1 Å². The zero-order chi connectivity index (χ0) is 18.7. The Morgan fingerprint density at radius 3 is 2.58 bits per heavy atom. The summed E-state index contributed by atoms with van der Waals surface area (Å²) in [4.78, 5) is 24.9. The zero-order valence-electron chi connectivity index (χ0n) is 13.8. The van der Waals surface area contributed by atoms with Crippen LogP contribution in [-0.4, -0.2) is 15.7 Å². The molecule has 134 valence electrons. The molecule has 26 heavy (non-hydrogen) atoms. The first-order chi connectivity index (χ1) is 12.4. The second-order valence-corrected chi connectivity index (χ2v) is 6.08. The summed E-state index contributed by atoms with van der Waals surface area (Å²) in [5.74, 6) is 1.43. The van der Waals surface area contributed by atoms with Crippen molar-refractivity contribution in [1.82, 2.24) is 4.90 Å². The molecular formula is C18H15ClN2O5. The van der Waals surface area contributed by atoms with E-state index < -0.39 is 10.8 Å². The van der Waals surface area contributed by atoms with E-state index in [4.69, 9.17) is 20.4 Å². The van der Waals surface area contributed by atoms with Crippen LogP contribution in [0.2, 0.25) is 5.02 Å². The molecule has 0 atom stereocenters. The molecule has 1 aromatic carbocycles. The highest BCUT2D eigenvalue weighted by Gasteiger charge is 2.23. The summed E-state index contributed by atoms with van der Waals surface area (Å²) < 4.78 is 10.9. The third-order valence-corrected chi connectivity index (χ3v) is 4.08. The lowest BCUT2D eigenvalue weighted by molar-refractivity contribution is -0.384. The van der Waals surface area contributed by atoms with Gasteiger partial charge in [-0.25, -0.2) is 0 Å². The van der Waals surface area contributed by atoms with Crippen LogP contribution >= 0.6 is 11.6 Å². The molecule has 0 aliphatic rings. The fourth-order valence-electron chi connectivity index (χ4n) is 2.51. The number of benzene rings is 1. The van der Waals surface area contributed by atoms with Gasteiger partial charge >= 0.3 is 0 Å². The lowest BCUT2D eigenvalue weighted by atomic mass is 10.1. The Kier molecular flexibility index (Phi) is 5.09. The molecule has 3 rings (SSSR count). The standard InChI is InChI=1S/C18H15ClN2O5/c1-12-4-6-15(26-12)11-20(10-14-3-2-8-25-14)18(22)16-9-13(21(23)24)5-7-17(16)19/h2-9H,10-11H2,1H3. The molecule has 0 bridgehead atoms.